The first-order valence-electron chi connectivity index (χ1n) is 19.6. The Bertz CT molecular complexity index is 3360. The van der Waals surface area contributed by atoms with Gasteiger partial charge >= 0.3 is 0 Å². The lowest BCUT2D eigenvalue weighted by atomic mass is 9.83. The predicted octanol–water partition coefficient (Wildman–Crippen LogP) is 11.2. The molecule has 0 saturated carbocycles. The van der Waals surface area contributed by atoms with Gasteiger partial charge in [0.05, 0.1) is 11.1 Å². The van der Waals surface area contributed by atoms with Crippen LogP contribution in [0, 0.1) is 0 Å². The van der Waals surface area contributed by atoms with E-state index >= 15 is 0 Å². The average molecular weight is 825 g/mol. The number of phenols is 5. The molecular weight excluding hydrogens is 789 g/mol. The van der Waals surface area contributed by atoms with Crippen LogP contribution >= 0.6 is 0 Å². The largest absolute Gasteiger partial charge is 0.506 e. The van der Waals surface area contributed by atoms with Crippen LogP contribution in [-0.4, -0.2) is 57.2 Å². The van der Waals surface area contributed by atoms with Gasteiger partial charge in [-0.2, -0.15) is 0 Å². The molecule has 10 rings (SSSR count). The Morgan fingerprint density at radius 3 is 1.73 bits per heavy atom. The van der Waals surface area contributed by atoms with Gasteiger partial charge in [-0.25, -0.2) is 0 Å². The molecule has 0 bridgehead atoms. The summed E-state index contributed by atoms with van der Waals surface area (Å²) in [5.41, 5.74) is 6.84. The predicted molar refractivity (Wildman–Crippen MR) is 238 cm³/mol. The maximum absolute atomic E-state index is 11.2. The van der Waals surface area contributed by atoms with Crippen LogP contribution in [0.15, 0.2) is 149 Å². The Balaban J connectivity index is 1.20. The van der Waals surface area contributed by atoms with Crippen molar-refractivity contribution in [1.82, 2.24) is 0 Å². The maximum atomic E-state index is 11.2. The molecule has 7 aromatic carbocycles. The summed E-state index contributed by atoms with van der Waals surface area (Å²) in [6, 6.07) is 32.7. The minimum atomic E-state index is -1.75. The highest BCUT2D eigenvalue weighted by atomic mass is 16.4. The molecule has 0 aliphatic heterocycles. The molecular formula is C51H36O11. The van der Waals surface area contributed by atoms with Crippen LogP contribution in [0.5, 0.6) is 28.7 Å². The van der Waals surface area contributed by atoms with Crippen LogP contribution in [0.3, 0.4) is 0 Å². The lowest BCUT2D eigenvalue weighted by Gasteiger charge is -2.20. The molecule has 1 unspecified atom stereocenters. The van der Waals surface area contributed by atoms with E-state index < -0.39 is 57.9 Å². The minimum Gasteiger partial charge on any atom is -0.506 e. The van der Waals surface area contributed by atoms with Crippen LogP contribution in [0.4, 0.5) is 0 Å². The summed E-state index contributed by atoms with van der Waals surface area (Å²) < 4.78 is 6.43. The first-order chi connectivity index (χ1) is 29.8. The van der Waals surface area contributed by atoms with Crippen molar-refractivity contribution in [2.45, 2.75) is 19.4 Å². The first kappa shape index (κ1) is 38.0. The molecule has 0 radical (unpaired) electrons. The monoisotopic (exact) mass is 824 g/mol. The van der Waals surface area contributed by atoms with Crippen LogP contribution in [0.1, 0.15) is 29.2 Å². The molecule has 11 heteroatoms. The number of benzene rings is 7. The van der Waals surface area contributed by atoms with Crippen molar-refractivity contribution in [2.75, 3.05) is 0 Å². The maximum Gasteiger partial charge on any atom is 0.208 e. The van der Waals surface area contributed by atoms with Gasteiger partial charge < -0.3 is 55.5 Å². The zero-order valence-electron chi connectivity index (χ0n) is 32.7. The van der Waals surface area contributed by atoms with Crippen molar-refractivity contribution in [3.8, 4) is 51.0 Å². The van der Waals surface area contributed by atoms with E-state index in [1.54, 1.807) is 25.1 Å². The van der Waals surface area contributed by atoms with Crippen LogP contribution in [-0.2, 0) is 6.42 Å². The van der Waals surface area contributed by atoms with Gasteiger partial charge in [0.15, 0.2) is 34.5 Å². The van der Waals surface area contributed by atoms with Gasteiger partial charge in [0.25, 0.3) is 0 Å². The number of rotatable bonds is 4. The molecule has 0 amide bonds. The summed E-state index contributed by atoms with van der Waals surface area (Å²) >= 11 is 0. The summed E-state index contributed by atoms with van der Waals surface area (Å²) in [5.74, 6) is -7.53. The number of hydrogen-bond acceptors (Lipinski definition) is 11. The van der Waals surface area contributed by atoms with Crippen LogP contribution in [0.2, 0.25) is 0 Å². The van der Waals surface area contributed by atoms with Gasteiger partial charge in [-0.15, -0.1) is 0 Å². The number of allylic oxidation sites excluding steroid dienone is 5. The van der Waals surface area contributed by atoms with Crippen LogP contribution < -0.4 is 0 Å². The van der Waals surface area contributed by atoms with Crippen molar-refractivity contribution >= 4 is 60.2 Å². The summed E-state index contributed by atoms with van der Waals surface area (Å²) in [6.45, 7) is 1.80. The third-order valence-corrected chi connectivity index (χ3v) is 12.0. The molecule has 11 nitrogen and oxygen atoms in total. The quantitative estimate of drug-likeness (QED) is 0.0457. The molecule has 62 heavy (non-hydrogen) atoms. The number of hydrogen-bond donors (Lipinski definition) is 10. The number of fused-ring (bicyclic) bond motifs is 6. The summed E-state index contributed by atoms with van der Waals surface area (Å²) in [5, 5.41) is 112. The Kier molecular flexibility index (Phi) is 8.51. The fraction of sp³-hybridized carbons (Fsp3) is 0.0588. The van der Waals surface area contributed by atoms with Crippen molar-refractivity contribution in [3.05, 3.63) is 167 Å². The van der Waals surface area contributed by atoms with Crippen molar-refractivity contribution in [3.63, 3.8) is 0 Å². The molecule has 2 aliphatic carbocycles. The van der Waals surface area contributed by atoms with Gasteiger partial charge in [0, 0.05) is 10.8 Å². The highest BCUT2D eigenvalue weighted by Crippen LogP contribution is 2.55. The highest BCUT2D eigenvalue weighted by Gasteiger charge is 2.31. The Labute approximate surface area is 351 Å². The zero-order chi connectivity index (χ0) is 43.3. The second kappa shape index (κ2) is 13.9. The summed E-state index contributed by atoms with van der Waals surface area (Å²) in [6.07, 6.45) is 3.07. The van der Waals surface area contributed by atoms with Gasteiger partial charge in [-0.3, -0.25) is 0 Å². The molecule has 10 N–H and O–H groups in total. The molecule has 306 valence electrons. The van der Waals surface area contributed by atoms with Crippen molar-refractivity contribution in [2.24, 2.45) is 0 Å². The summed E-state index contributed by atoms with van der Waals surface area (Å²) in [4.78, 5) is 0. The van der Waals surface area contributed by atoms with Gasteiger partial charge in [-0.05, 0) is 115 Å². The van der Waals surface area contributed by atoms with Crippen LogP contribution in [0.25, 0.3) is 82.5 Å². The van der Waals surface area contributed by atoms with E-state index in [0.717, 1.165) is 66.2 Å². The van der Waals surface area contributed by atoms with E-state index in [1.165, 1.54) is 0 Å². The number of phenolic OH excluding ortho intramolecular Hbond substituents is 5. The second-order valence-electron chi connectivity index (χ2n) is 15.4. The fourth-order valence-corrected chi connectivity index (χ4v) is 9.04. The number of aromatic hydroxyl groups is 5. The molecule has 1 atom stereocenters. The molecule has 0 saturated heterocycles. The molecule has 0 spiro atoms. The Morgan fingerprint density at radius 1 is 0.516 bits per heavy atom. The lowest BCUT2D eigenvalue weighted by Crippen LogP contribution is -2.09. The second-order valence-corrected chi connectivity index (χ2v) is 15.4. The highest BCUT2D eigenvalue weighted by molar-refractivity contribution is 6.23. The standard InChI is InChI=1S/C51H36O11/c1-23-26(42-47(57)49(59)51(61)50(60)48(42)58)16-8-9-24-20-39-35(21-33(23)24)34-19-25(17-18-38(34)62-39)40-27-10-2-4-12-29(27)41(30-13-5-3-11-28(30)40)31-14-6-7-15-32(31)43-44(54)36(52)22-37(53)45(55)46(43)56/h2-8,10-22,37,52-61H,9H2,1H3. The van der Waals surface area contributed by atoms with E-state index in [9.17, 15) is 51.1 Å². The third kappa shape index (κ3) is 5.49. The smallest absolute Gasteiger partial charge is 0.208 e. The normalized spacial score (nSPS) is 15.8. The first-order valence-corrected chi connectivity index (χ1v) is 19.6. The molecule has 1 aromatic heterocycles. The topological polar surface area (TPSA) is 215 Å². The van der Waals surface area contributed by atoms with Gasteiger partial charge in [0.2, 0.25) is 17.2 Å². The Morgan fingerprint density at radius 2 is 1.08 bits per heavy atom. The fourth-order valence-electron chi connectivity index (χ4n) is 9.04. The van der Waals surface area contributed by atoms with Gasteiger partial charge in [0.1, 0.15) is 17.3 Å². The number of aliphatic hydroxyl groups is 5. The van der Waals surface area contributed by atoms with Crippen molar-refractivity contribution in [1.29, 1.82) is 0 Å². The lowest BCUT2D eigenvalue weighted by molar-refractivity contribution is 0.176. The minimum absolute atomic E-state index is 0.230. The number of furan rings is 1. The molecule has 0 fully saturated rings. The SMILES string of the molecule is CC1=C(c2c(O)c(O)c(O)c(O)c2O)C=CCc2cc3oc4ccc(-c5c6ccccc6c(-c6ccccc6C6=C(O)C(O)=CC(O)C(O)=C6O)c6ccccc56)cc4c3cc21. The van der Waals surface area contributed by atoms with E-state index in [0.29, 0.717) is 39.9 Å². The van der Waals surface area contributed by atoms with E-state index in [-0.39, 0.29) is 11.1 Å². The van der Waals surface area contributed by atoms with E-state index in [1.807, 2.05) is 91.0 Å². The average Bonchev–Trinajstić information content (AvgIpc) is 3.53. The summed E-state index contributed by atoms with van der Waals surface area (Å²) in [7, 11) is 0. The van der Waals surface area contributed by atoms with E-state index in [4.69, 9.17) is 4.42 Å². The van der Waals surface area contributed by atoms with Gasteiger partial charge in [-0.1, -0.05) is 91.0 Å². The third-order valence-electron chi connectivity index (χ3n) is 12.0. The Hall–Kier alpha value is -8.28. The van der Waals surface area contributed by atoms with E-state index in [2.05, 4.69) is 6.07 Å². The number of aliphatic hydroxyl groups excluding tert-OH is 5. The molecule has 1 heterocycles. The molecule has 2 aliphatic rings. The molecule has 8 aromatic rings. The zero-order valence-corrected chi connectivity index (χ0v) is 32.7. The van der Waals surface area contributed by atoms with Crippen molar-refractivity contribution < 1.29 is 55.5 Å².